The molecular formula is C14H20Si. The van der Waals surface area contributed by atoms with Crippen molar-refractivity contribution in [2.75, 3.05) is 0 Å². The Morgan fingerprint density at radius 1 is 1.07 bits per heavy atom. The first kappa shape index (κ1) is 12.1. The number of hydrogen-bond donors (Lipinski definition) is 0. The van der Waals surface area contributed by atoms with Gasteiger partial charge in [0, 0.05) is 5.56 Å². The molecule has 0 atom stereocenters. The number of benzene rings is 1. The monoisotopic (exact) mass is 216 g/mol. The molecule has 0 aromatic heterocycles. The lowest BCUT2D eigenvalue weighted by molar-refractivity contribution is 0.922. The van der Waals surface area contributed by atoms with E-state index in [1.54, 1.807) is 0 Å². The highest BCUT2D eigenvalue weighted by atomic mass is 28.3. The van der Waals surface area contributed by atoms with Gasteiger partial charge in [-0.3, -0.25) is 0 Å². The van der Waals surface area contributed by atoms with Crippen molar-refractivity contribution in [3.05, 3.63) is 35.4 Å². The summed E-state index contributed by atoms with van der Waals surface area (Å²) in [6.45, 7) is 9.02. The van der Waals surface area contributed by atoms with Crippen LogP contribution in [0.15, 0.2) is 24.3 Å². The zero-order valence-electron chi connectivity index (χ0n) is 10.2. The van der Waals surface area contributed by atoms with Gasteiger partial charge >= 0.3 is 0 Å². The second kappa shape index (κ2) is 5.18. The molecule has 0 aliphatic heterocycles. The second-order valence-corrected chi connectivity index (χ2v) is 9.70. The lowest BCUT2D eigenvalue weighted by atomic mass is 10.1. The first-order valence-electron chi connectivity index (χ1n) is 5.63. The molecule has 0 saturated carbocycles. The number of aryl methyl sites for hydroxylation is 1. The van der Waals surface area contributed by atoms with E-state index in [-0.39, 0.29) is 0 Å². The number of rotatable bonds is 2. The molecule has 1 rings (SSSR count). The molecule has 0 bridgehead atoms. The first-order valence-corrected chi connectivity index (χ1v) is 9.13. The molecule has 80 valence electrons. The Hall–Kier alpha value is -1.00. The van der Waals surface area contributed by atoms with E-state index in [4.69, 9.17) is 0 Å². The summed E-state index contributed by atoms with van der Waals surface area (Å²) < 4.78 is 0. The van der Waals surface area contributed by atoms with Crippen molar-refractivity contribution < 1.29 is 0 Å². The van der Waals surface area contributed by atoms with E-state index >= 15 is 0 Å². The van der Waals surface area contributed by atoms with Crippen molar-refractivity contribution in [1.82, 2.24) is 0 Å². The molecule has 0 spiro atoms. The summed E-state index contributed by atoms with van der Waals surface area (Å²) in [5.74, 6) is 3.27. The molecule has 0 saturated heterocycles. The van der Waals surface area contributed by atoms with E-state index in [2.05, 4.69) is 62.3 Å². The van der Waals surface area contributed by atoms with E-state index in [1.807, 2.05) is 0 Å². The number of hydrogen-bond acceptors (Lipinski definition) is 0. The summed E-state index contributed by atoms with van der Waals surface area (Å²) in [5.41, 5.74) is 5.94. The fraction of sp³-hybridized carbons (Fsp3) is 0.429. The van der Waals surface area contributed by atoms with Gasteiger partial charge in [-0.1, -0.05) is 51.0 Å². The Morgan fingerprint density at radius 2 is 1.67 bits per heavy atom. The molecule has 0 fully saturated rings. The molecular weight excluding hydrogens is 196 g/mol. The summed E-state index contributed by atoms with van der Waals surface area (Å²) in [7, 11) is -1.23. The largest absolute Gasteiger partial charge is 0.129 e. The van der Waals surface area contributed by atoms with E-state index < -0.39 is 8.07 Å². The molecule has 0 aliphatic carbocycles. The van der Waals surface area contributed by atoms with Crippen LogP contribution in [0.2, 0.25) is 19.6 Å². The lowest BCUT2D eigenvalue weighted by Gasteiger charge is -2.03. The average molecular weight is 216 g/mol. The maximum Gasteiger partial charge on any atom is 0.129 e. The molecule has 15 heavy (non-hydrogen) atoms. The highest BCUT2D eigenvalue weighted by molar-refractivity contribution is 6.83. The van der Waals surface area contributed by atoms with Crippen LogP contribution in [-0.2, 0) is 6.42 Å². The van der Waals surface area contributed by atoms with Crippen LogP contribution in [0.4, 0.5) is 0 Å². The minimum absolute atomic E-state index is 1.15. The predicted molar refractivity (Wildman–Crippen MR) is 70.7 cm³/mol. The molecule has 0 unspecified atom stereocenters. The third kappa shape index (κ3) is 4.85. The van der Waals surface area contributed by atoms with Crippen molar-refractivity contribution in [3.63, 3.8) is 0 Å². The molecule has 0 aliphatic rings. The highest BCUT2D eigenvalue weighted by Gasteiger charge is 2.07. The van der Waals surface area contributed by atoms with Crippen LogP contribution in [0.1, 0.15) is 24.5 Å². The summed E-state index contributed by atoms with van der Waals surface area (Å²) in [4.78, 5) is 0. The van der Waals surface area contributed by atoms with Gasteiger partial charge in [0.1, 0.15) is 8.07 Å². The molecule has 0 N–H and O–H groups in total. The maximum absolute atomic E-state index is 3.38. The van der Waals surface area contributed by atoms with Gasteiger partial charge in [0.2, 0.25) is 0 Å². The van der Waals surface area contributed by atoms with Gasteiger partial charge in [-0.05, 0) is 24.1 Å². The Bertz CT molecular complexity index is 357. The van der Waals surface area contributed by atoms with Crippen LogP contribution in [0.3, 0.4) is 0 Å². The fourth-order valence-electron chi connectivity index (χ4n) is 1.30. The average Bonchev–Trinajstić information content (AvgIpc) is 2.16. The Balaban J connectivity index is 2.75. The lowest BCUT2D eigenvalue weighted by Crippen LogP contribution is -2.16. The van der Waals surface area contributed by atoms with Gasteiger partial charge in [0.25, 0.3) is 0 Å². The minimum atomic E-state index is -1.23. The molecule has 0 nitrogen and oxygen atoms in total. The van der Waals surface area contributed by atoms with Crippen molar-refractivity contribution in [3.8, 4) is 11.5 Å². The third-order valence-electron chi connectivity index (χ3n) is 2.07. The van der Waals surface area contributed by atoms with Gasteiger partial charge in [-0.2, -0.15) is 0 Å². The van der Waals surface area contributed by atoms with Crippen LogP contribution in [0, 0.1) is 11.5 Å². The first-order chi connectivity index (χ1) is 7.01. The van der Waals surface area contributed by atoms with E-state index in [1.165, 1.54) is 18.4 Å². The SMILES string of the molecule is CCCc1ccc(C#C[Si](C)(C)C)cc1. The van der Waals surface area contributed by atoms with Crippen molar-refractivity contribution in [1.29, 1.82) is 0 Å². The van der Waals surface area contributed by atoms with Crippen LogP contribution >= 0.6 is 0 Å². The van der Waals surface area contributed by atoms with Crippen LogP contribution < -0.4 is 0 Å². The van der Waals surface area contributed by atoms with E-state index in [0.717, 1.165) is 5.56 Å². The van der Waals surface area contributed by atoms with Crippen LogP contribution in [0.5, 0.6) is 0 Å². The Morgan fingerprint density at radius 3 is 2.13 bits per heavy atom. The van der Waals surface area contributed by atoms with Gasteiger partial charge in [0.15, 0.2) is 0 Å². The quantitative estimate of drug-likeness (QED) is 0.520. The zero-order chi connectivity index (χ0) is 11.3. The molecule has 1 heteroatoms. The topological polar surface area (TPSA) is 0 Å². The minimum Gasteiger partial charge on any atom is -0.127 e. The smallest absolute Gasteiger partial charge is 0.127 e. The highest BCUT2D eigenvalue weighted by Crippen LogP contribution is 2.06. The summed E-state index contributed by atoms with van der Waals surface area (Å²) in [6, 6.07) is 8.66. The summed E-state index contributed by atoms with van der Waals surface area (Å²) in [5, 5.41) is 0. The van der Waals surface area contributed by atoms with Crippen LogP contribution in [-0.4, -0.2) is 8.07 Å². The standard InChI is InChI=1S/C14H20Si/c1-5-6-13-7-9-14(10-8-13)11-12-15(2,3)4/h7-10H,5-6H2,1-4H3. The third-order valence-corrected chi connectivity index (χ3v) is 2.95. The maximum atomic E-state index is 3.38. The molecule has 0 radical (unpaired) electrons. The van der Waals surface area contributed by atoms with Gasteiger partial charge < -0.3 is 0 Å². The molecule has 0 heterocycles. The Kier molecular flexibility index (Phi) is 4.17. The summed E-state index contributed by atoms with van der Waals surface area (Å²) in [6.07, 6.45) is 2.38. The Labute approximate surface area is 94.7 Å². The van der Waals surface area contributed by atoms with E-state index in [9.17, 15) is 0 Å². The van der Waals surface area contributed by atoms with E-state index in [0.29, 0.717) is 0 Å². The molecule has 1 aromatic carbocycles. The van der Waals surface area contributed by atoms with Crippen molar-refractivity contribution in [2.24, 2.45) is 0 Å². The predicted octanol–water partition coefficient (Wildman–Crippen LogP) is 3.87. The van der Waals surface area contributed by atoms with Crippen LogP contribution in [0.25, 0.3) is 0 Å². The van der Waals surface area contributed by atoms with Crippen molar-refractivity contribution in [2.45, 2.75) is 39.4 Å². The second-order valence-electron chi connectivity index (χ2n) is 4.95. The van der Waals surface area contributed by atoms with Crippen molar-refractivity contribution >= 4 is 8.07 Å². The summed E-state index contributed by atoms with van der Waals surface area (Å²) >= 11 is 0. The van der Waals surface area contributed by atoms with Gasteiger partial charge in [-0.25, -0.2) is 0 Å². The zero-order valence-corrected chi connectivity index (χ0v) is 11.2. The van der Waals surface area contributed by atoms with Gasteiger partial charge in [-0.15, -0.1) is 5.54 Å². The fourth-order valence-corrected chi connectivity index (χ4v) is 1.82. The normalized spacial score (nSPS) is 10.7. The molecule has 1 aromatic rings. The molecule has 0 amide bonds. The van der Waals surface area contributed by atoms with Gasteiger partial charge in [0.05, 0.1) is 0 Å².